The van der Waals surface area contributed by atoms with Gasteiger partial charge < -0.3 is 16.4 Å². The average Bonchev–Trinajstić information content (AvgIpc) is 3.06. The smallest absolute Gasteiger partial charge is 0.249 e. The van der Waals surface area contributed by atoms with E-state index in [0.717, 1.165) is 5.56 Å². The number of carbonyl (C=O) groups excluding carboxylic acids is 3. The van der Waals surface area contributed by atoms with Crippen LogP contribution in [0, 0.1) is 0 Å². The molecule has 0 saturated carbocycles. The first kappa shape index (κ1) is 25.2. The van der Waals surface area contributed by atoms with Gasteiger partial charge in [-0.25, -0.2) is 0 Å². The summed E-state index contributed by atoms with van der Waals surface area (Å²) in [5.41, 5.74) is 6.61. The van der Waals surface area contributed by atoms with Gasteiger partial charge in [0.15, 0.2) is 0 Å². The van der Waals surface area contributed by atoms with E-state index in [1.807, 2.05) is 6.07 Å². The maximum atomic E-state index is 13.6. The van der Waals surface area contributed by atoms with Crippen molar-refractivity contribution in [3.05, 3.63) is 97.4 Å². The number of halogens is 3. The van der Waals surface area contributed by atoms with E-state index in [-0.39, 0.29) is 17.9 Å². The molecule has 1 aliphatic heterocycles. The summed E-state index contributed by atoms with van der Waals surface area (Å²) < 4.78 is 0.639. The number of benzene rings is 3. The number of hydrogen-bond acceptors (Lipinski definition) is 4. The normalized spacial score (nSPS) is 17.4. The minimum absolute atomic E-state index is 0.155. The number of likely N-dealkylation sites (N-methyl/N-ethyl adjacent to an activating group) is 1. The molecule has 10 heteroatoms. The van der Waals surface area contributed by atoms with Gasteiger partial charge in [0.25, 0.3) is 0 Å². The fourth-order valence-electron chi connectivity index (χ4n) is 4.34. The molecule has 2 atom stereocenters. The summed E-state index contributed by atoms with van der Waals surface area (Å²) in [5, 5.41) is 9.73. The van der Waals surface area contributed by atoms with Gasteiger partial charge in [-0.15, -0.1) is 0 Å². The number of nitrogens with one attached hydrogen (secondary N) is 3. The van der Waals surface area contributed by atoms with Crippen LogP contribution in [-0.2, 0) is 21.5 Å². The zero-order valence-electron chi connectivity index (χ0n) is 18.5. The van der Waals surface area contributed by atoms with Gasteiger partial charge in [-0.05, 0) is 53.6 Å². The standard InChI is InChI=1S/C25H21BrCl2N4O3/c1-30-23(34)21(18-10-14(26)5-7-17(18)22(29)33)32-25(12-13-3-2-4-15(27)9-13)19-8-6-16(28)11-20(19)31-24(25)35/h2-11,21,32H,12H2,1H3,(H2,29,33)(H,30,34)(H,31,35). The summed E-state index contributed by atoms with van der Waals surface area (Å²) in [6.07, 6.45) is 0.168. The Morgan fingerprint density at radius 3 is 2.51 bits per heavy atom. The number of rotatable bonds is 7. The van der Waals surface area contributed by atoms with Crippen LogP contribution < -0.4 is 21.7 Å². The number of carbonyl (C=O) groups is 3. The van der Waals surface area contributed by atoms with Gasteiger partial charge >= 0.3 is 0 Å². The van der Waals surface area contributed by atoms with E-state index in [2.05, 4.69) is 31.9 Å². The molecule has 0 radical (unpaired) electrons. The van der Waals surface area contributed by atoms with Crippen molar-refractivity contribution in [3.8, 4) is 0 Å². The first-order valence-corrected chi connectivity index (χ1v) is 12.1. The molecular weight excluding hydrogens is 555 g/mol. The Labute approximate surface area is 220 Å². The molecule has 1 aliphatic rings. The molecule has 3 aromatic carbocycles. The van der Waals surface area contributed by atoms with Crippen molar-refractivity contribution in [3.63, 3.8) is 0 Å². The lowest BCUT2D eigenvalue weighted by Gasteiger charge is -2.34. The molecule has 0 saturated heterocycles. The molecule has 35 heavy (non-hydrogen) atoms. The Balaban J connectivity index is 1.92. The SMILES string of the molecule is CNC(=O)C(NC1(Cc2cccc(Cl)c2)C(=O)Nc2cc(Cl)ccc21)c1cc(Br)ccc1C(N)=O. The fraction of sp³-hybridized carbons (Fsp3) is 0.160. The van der Waals surface area contributed by atoms with E-state index in [9.17, 15) is 14.4 Å². The number of fused-ring (bicyclic) bond motifs is 1. The van der Waals surface area contributed by atoms with Crippen molar-refractivity contribution >= 4 is 62.5 Å². The molecule has 0 aromatic heterocycles. The maximum absolute atomic E-state index is 13.6. The average molecular weight is 576 g/mol. The van der Waals surface area contributed by atoms with E-state index < -0.39 is 23.4 Å². The zero-order chi connectivity index (χ0) is 25.3. The number of anilines is 1. The largest absolute Gasteiger partial charge is 0.366 e. The topological polar surface area (TPSA) is 113 Å². The molecule has 0 spiro atoms. The number of primary amides is 1. The van der Waals surface area contributed by atoms with Crippen LogP contribution in [0.4, 0.5) is 5.69 Å². The second-order valence-electron chi connectivity index (χ2n) is 8.14. The second-order valence-corrected chi connectivity index (χ2v) is 9.93. The van der Waals surface area contributed by atoms with Crippen molar-refractivity contribution in [1.29, 1.82) is 0 Å². The summed E-state index contributed by atoms with van der Waals surface area (Å²) in [6.45, 7) is 0. The number of amides is 3. The lowest BCUT2D eigenvalue weighted by atomic mass is 9.83. The Kier molecular flexibility index (Phi) is 7.19. The molecule has 2 unspecified atom stereocenters. The third-order valence-electron chi connectivity index (χ3n) is 5.92. The third-order valence-corrected chi connectivity index (χ3v) is 6.89. The maximum Gasteiger partial charge on any atom is 0.249 e. The highest BCUT2D eigenvalue weighted by Gasteiger charge is 2.49. The zero-order valence-corrected chi connectivity index (χ0v) is 21.6. The van der Waals surface area contributed by atoms with Crippen molar-refractivity contribution in [2.45, 2.75) is 18.0 Å². The molecule has 1 heterocycles. The molecule has 0 fully saturated rings. The lowest BCUT2D eigenvalue weighted by molar-refractivity contribution is -0.126. The van der Waals surface area contributed by atoms with E-state index in [0.29, 0.717) is 31.3 Å². The van der Waals surface area contributed by atoms with Crippen LogP contribution in [0.3, 0.4) is 0 Å². The van der Waals surface area contributed by atoms with Gasteiger partial charge in [-0.2, -0.15) is 0 Å². The van der Waals surface area contributed by atoms with Gasteiger partial charge in [-0.1, -0.05) is 57.3 Å². The van der Waals surface area contributed by atoms with Crippen molar-refractivity contribution < 1.29 is 14.4 Å². The fourth-order valence-corrected chi connectivity index (χ4v) is 5.10. The van der Waals surface area contributed by atoms with Crippen LogP contribution in [0.15, 0.2) is 65.1 Å². The minimum atomic E-state index is -1.39. The van der Waals surface area contributed by atoms with Crippen molar-refractivity contribution in [1.82, 2.24) is 10.6 Å². The Morgan fingerprint density at radius 1 is 1.09 bits per heavy atom. The summed E-state index contributed by atoms with van der Waals surface area (Å²) >= 11 is 15.8. The van der Waals surface area contributed by atoms with E-state index >= 15 is 0 Å². The quantitative estimate of drug-likeness (QED) is 0.336. The van der Waals surface area contributed by atoms with Gasteiger partial charge in [0.1, 0.15) is 11.6 Å². The number of nitrogens with two attached hydrogens (primary N) is 1. The number of hydrogen-bond donors (Lipinski definition) is 4. The highest BCUT2D eigenvalue weighted by molar-refractivity contribution is 9.10. The monoisotopic (exact) mass is 574 g/mol. The van der Waals surface area contributed by atoms with E-state index in [4.69, 9.17) is 28.9 Å². The van der Waals surface area contributed by atoms with Crippen molar-refractivity contribution in [2.24, 2.45) is 5.73 Å². The van der Waals surface area contributed by atoms with E-state index in [1.165, 1.54) is 13.1 Å². The summed E-state index contributed by atoms with van der Waals surface area (Å²) in [5.74, 6) is -1.53. The molecular formula is C25H21BrCl2N4O3. The highest BCUT2D eigenvalue weighted by Crippen LogP contribution is 2.42. The molecule has 0 bridgehead atoms. The molecule has 3 amide bonds. The van der Waals surface area contributed by atoms with Crippen LogP contribution in [0.2, 0.25) is 10.0 Å². The second kappa shape index (κ2) is 9.99. The van der Waals surface area contributed by atoms with Crippen LogP contribution >= 0.6 is 39.1 Å². The molecule has 4 rings (SSSR count). The predicted molar refractivity (Wildman–Crippen MR) is 140 cm³/mol. The summed E-state index contributed by atoms with van der Waals surface area (Å²) in [6, 6.07) is 15.9. The Hall–Kier alpha value is -2.91. The lowest BCUT2D eigenvalue weighted by Crippen LogP contribution is -2.54. The van der Waals surface area contributed by atoms with Crippen LogP contribution in [0.25, 0.3) is 0 Å². The van der Waals surface area contributed by atoms with Gasteiger partial charge in [0, 0.05) is 44.8 Å². The van der Waals surface area contributed by atoms with Crippen LogP contribution in [-0.4, -0.2) is 24.8 Å². The van der Waals surface area contributed by atoms with Gasteiger partial charge in [0.05, 0.1) is 0 Å². The summed E-state index contributed by atoms with van der Waals surface area (Å²) in [7, 11) is 1.48. The molecule has 5 N–H and O–H groups in total. The molecule has 3 aromatic rings. The minimum Gasteiger partial charge on any atom is -0.366 e. The Morgan fingerprint density at radius 2 is 1.83 bits per heavy atom. The van der Waals surface area contributed by atoms with E-state index in [1.54, 1.807) is 48.5 Å². The first-order valence-electron chi connectivity index (χ1n) is 10.6. The third kappa shape index (κ3) is 4.92. The van der Waals surface area contributed by atoms with Crippen LogP contribution in [0.5, 0.6) is 0 Å². The first-order chi connectivity index (χ1) is 16.6. The highest BCUT2D eigenvalue weighted by atomic mass is 79.9. The predicted octanol–water partition coefficient (Wildman–Crippen LogP) is 4.32. The van der Waals surface area contributed by atoms with Gasteiger partial charge in [-0.3, -0.25) is 19.7 Å². The molecule has 180 valence electrons. The summed E-state index contributed by atoms with van der Waals surface area (Å²) in [4.78, 5) is 39.1. The molecule has 0 aliphatic carbocycles. The van der Waals surface area contributed by atoms with Crippen LogP contribution in [0.1, 0.15) is 33.1 Å². The molecule has 7 nitrogen and oxygen atoms in total. The van der Waals surface area contributed by atoms with Gasteiger partial charge in [0.2, 0.25) is 17.7 Å². The Bertz CT molecular complexity index is 1350. The van der Waals surface area contributed by atoms with Crippen molar-refractivity contribution in [2.75, 3.05) is 12.4 Å².